The van der Waals surface area contributed by atoms with Crippen LogP contribution in [0.4, 0.5) is 4.39 Å². The normalized spacial score (nSPS) is 10.9. The van der Waals surface area contributed by atoms with Gasteiger partial charge in [-0.15, -0.1) is 0 Å². The van der Waals surface area contributed by atoms with E-state index < -0.39 is 0 Å². The summed E-state index contributed by atoms with van der Waals surface area (Å²) in [4.78, 5) is 3.18. The van der Waals surface area contributed by atoms with Gasteiger partial charge < -0.3 is 4.98 Å². The Bertz CT molecular complexity index is 422. The maximum atomic E-state index is 12.8. The molecule has 1 nitrogen and oxygen atoms in total. The van der Waals surface area contributed by atoms with Gasteiger partial charge in [0, 0.05) is 17.0 Å². The molecule has 2 rings (SSSR count). The largest absolute Gasteiger partial charge is 0.358 e. The van der Waals surface area contributed by atoms with Crippen LogP contribution in [0.15, 0.2) is 24.3 Å². The van der Waals surface area contributed by atoms with Gasteiger partial charge in [0.2, 0.25) is 0 Å². The van der Waals surface area contributed by atoms with E-state index in [9.17, 15) is 4.39 Å². The summed E-state index contributed by atoms with van der Waals surface area (Å²) >= 11 is 1.75. The molecule has 0 aliphatic carbocycles. The molecule has 0 saturated carbocycles. The van der Waals surface area contributed by atoms with E-state index in [-0.39, 0.29) is 5.82 Å². The third kappa shape index (κ3) is 1.70. The van der Waals surface area contributed by atoms with E-state index in [4.69, 9.17) is 0 Å². The molecule has 1 aromatic carbocycles. The molecule has 1 heterocycles. The summed E-state index contributed by atoms with van der Waals surface area (Å²) in [5.74, 6) is 0.751. The van der Waals surface area contributed by atoms with Gasteiger partial charge >= 0.3 is 0 Å². The summed E-state index contributed by atoms with van der Waals surface area (Å²) < 4.78 is 12.8. The Hall–Kier alpha value is -0.960. The number of halogens is 1. The van der Waals surface area contributed by atoms with Crippen molar-refractivity contribution in [2.24, 2.45) is 0 Å². The summed E-state index contributed by atoms with van der Waals surface area (Å²) in [6, 6.07) is 6.87. The highest BCUT2D eigenvalue weighted by atomic mass is 32.2. The minimum Gasteiger partial charge on any atom is -0.358 e. The van der Waals surface area contributed by atoms with Crippen molar-refractivity contribution >= 4 is 22.7 Å². The molecule has 1 N–H and O–H groups in total. The molecule has 0 aliphatic heterocycles. The number of aromatic nitrogens is 1. The van der Waals surface area contributed by atoms with Crippen LogP contribution >= 0.6 is 11.8 Å². The molecule has 0 amide bonds. The van der Waals surface area contributed by atoms with Crippen molar-refractivity contribution in [3.05, 3.63) is 35.8 Å². The van der Waals surface area contributed by atoms with Crippen molar-refractivity contribution in [2.75, 3.05) is 6.26 Å². The van der Waals surface area contributed by atoms with Crippen molar-refractivity contribution in [1.82, 2.24) is 4.98 Å². The first-order valence-corrected chi connectivity index (χ1v) is 5.45. The number of aromatic amines is 1. The van der Waals surface area contributed by atoms with E-state index in [1.54, 1.807) is 17.8 Å². The molecule has 3 heteroatoms. The smallest absolute Gasteiger partial charge is 0.125 e. The van der Waals surface area contributed by atoms with Gasteiger partial charge in [0.15, 0.2) is 0 Å². The van der Waals surface area contributed by atoms with Crippen molar-refractivity contribution in [2.45, 2.75) is 5.75 Å². The summed E-state index contributed by atoms with van der Waals surface area (Å²) in [6.07, 6.45) is 2.05. The zero-order valence-corrected chi connectivity index (χ0v) is 8.12. The average molecular weight is 195 g/mol. The SMILES string of the molecule is CSCc1cc2ccc(F)cc2[nH]1. The van der Waals surface area contributed by atoms with Crippen LogP contribution < -0.4 is 0 Å². The summed E-state index contributed by atoms with van der Waals surface area (Å²) in [5, 5.41) is 1.07. The highest BCUT2D eigenvalue weighted by molar-refractivity contribution is 7.97. The first-order valence-electron chi connectivity index (χ1n) is 4.05. The number of benzene rings is 1. The Balaban J connectivity index is 2.49. The van der Waals surface area contributed by atoms with Gasteiger partial charge in [-0.25, -0.2) is 4.39 Å². The van der Waals surface area contributed by atoms with Crippen LogP contribution in [-0.2, 0) is 5.75 Å². The van der Waals surface area contributed by atoms with E-state index >= 15 is 0 Å². The molecule has 0 aliphatic rings. The van der Waals surface area contributed by atoms with E-state index in [0.29, 0.717) is 0 Å². The Morgan fingerprint density at radius 2 is 2.23 bits per heavy atom. The average Bonchev–Trinajstić information content (AvgIpc) is 2.46. The molecular formula is C10H10FNS. The molecular weight excluding hydrogens is 185 g/mol. The third-order valence-corrected chi connectivity index (χ3v) is 2.54. The number of nitrogens with one attached hydrogen (secondary N) is 1. The van der Waals surface area contributed by atoms with Gasteiger partial charge in [-0.3, -0.25) is 0 Å². The molecule has 0 radical (unpaired) electrons. The predicted molar refractivity (Wildman–Crippen MR) is 55.5 cm³/mol. The highest BCUT2D eigenvalue weighted by Crippen LogP contribution is 2.18. The van der Waals surface area contributed by atoms with Crippen molar-refractivity contribution in [3.8, 4) is 0 Å². The monoisotopic (exact) mass is 195 g/mol. The lowest BCUT2D eigenvalue weighted by molar-refractivity contribution is 0.629. The first kappa shape index (κ1) is 8.63. The second-order valence-electron chi connectivity index (χ2n) is 2.96. The maximum absolute atomic E-state index is 12.8. The number of H-pyrrole nitrogens is 1. The van der Waals surface area contributed by atoms with Crippen LogP contribution in [0.1, 0.15) is 5.69 Å². The predicted octanol–water partition coefficient (Wildman–Crippen LogP) is 3.17. The van der Waals surface area contributed by atoms with E-state index in [0.717, 1.165) is 22.3 Å². The summed E-state index contributed by atoms with van der Waals surface area (Å²) in [5.41, 5.74) is 2.03. The number of thioether (sulfide) groups is 1. The van der Waals surface area contributed by atoms with E-state index in [1.165, 1.54) is 12.1 Å². The zero-order valence-electron chi connectivity index (χ0n) is 7.30. The fourth-order valence-electron chi connectivity index (χ4n) is 1.39. The van der Waals surface area contributed by atoms with E-state index in [2.05, 4.69) is 11.1 Å². The van der Waals surface area contributed by atoms with Crippen LogP contribution in [0.3, 0.4) is 0 Å². The molecule has 0 fully saturated rings. The number of hydrogen-bond donors (Lipinski definition) is 1. The lowest BCUT2D eigenvalue weighted by Gasteiger charge is -1.89. The second kappa shape index (κ2) is 3.42. The highest BCUT2D eigenvalue weighted by Gasteiger charge is 2.00. The van der Waals surface area contributed by atoms with Crippen LogP contribution in [0.25, 0.3) is 10.9 Å². The Morgan fingerprint density at radius 3 is 3.00 bits per heavy atom. The van der Waals surface area contributed by atoms with E-state index in [1.807, 2.05) is 6.26 Å². The van der Waals surface area contributed by atoms with Gasteiger partial charge in [-0.1, -0.05) is 0 Å². The summed E-state index contributed by atoms with van der Waals surface area (Å²) in [6.45, 7) is 0. The van der Waals surface area contributed by atoms with Crippen LogP contribution in [0, 0.1) is 5.82 Å². The minimum absolute atomic E-state index is 0.190. The van der Waals surface area contributed by atoms with Crippen LogP contribution in [0.2, 0.25) is 0 Å². The standard InChI is InChI=1S/C10H10FNS/c1-13-6-9-4-7-2-3-8(11)5-10(7)12-9/h2-5,12H,6H2,1H3. The van der Waals surface area contributed by atoms with Crippen molar-refractivity contribution < 1.29 is 4.39 Å². The minimum atomic E-state index is -0.190. The Kier molecular flexibility index (Phi) is 2.27. The first-order chi connectivity index (χ1) is 6.29. The number of rotatable bonds is 2. The molecule has 0 saturated heterocycles. The number of hydrogen-bond acceptors (Lipinski definition) is 1. The fraction of sp³-hybridized carbons (Fsp3) is 0.200. The molecule has 0 atom stereocenters. The van der Waals surface area contributed by atoms with Gasteiger partial charge in [-0.05, 0) is 35.9 Å². The molecule has 2 aromatic rings. The lowest BCUT2D eigenvalue weighted by Crippen LogP contribution is -1.76. The summed E-state index contributed by atoms with van der Waals surface area (Å²) in [7, 11) is 0. The molecule has 0 bridgehead atoms. The lowest BCUT2D eigenvalue weighted by atomic mass is 10.2. The van der Waals surface area contributed by atoms with Gasteiger partial charge in [0.25, 0.3) is 0 Å². The fourth-order valence-corrected chi connectivity index (χ4v) is 1.86. The maximum Gasteiger partial charge on any atom is 0.125 e. The molecule has 0 spiro atoms. The Labute approximate surface area is 80.3 Å². The zero-order chi connectivity index (χ0) is 9.26. The number of fused-ring (bicyclic) bond motifs is 1. The Morgan fingerprint density at radius 1 is 1.38 bits per heavy atom. The van der Waals surface area contributed by atoms with Gasteiger partial charge in [-0.2, -0.15) is 11.8 Å². The quantitative estimate of drug-likeness (QED) is 0.778. The molecule has 13 heavy (non-hydrogen) atoms. The topological polar surface area (TPSA) is 15.8 Å². The van der Waals surface area contributed by atoms with Crippen LogP contribution in [-0.4, -0.2) is 11.2 Å². The van der Waals surface area contributed by atoms with Gasteiger partial charge in [0.05, 0.1) is 0 Å². The van der Waals surface area contributed by atoms with Crippen LogP contribution in [0.5, 0.6) is 0 Å². The molecule has 1 aromatic heterocycles. The molecule has 0 unspecified atom stereocenters. The van der Waals surface area contributed by atoms with Crippen molar-refractivity contribution in [1.29, 1.82) is 0 Å². The van der Waals surface area contributed by atoms with Gasteiger partial charge in [0.1, 0.15) is 5.82 Å². The molecule has 68 valence electrons. The van der Waals surface area contributed by atoms with Crippen molar-refractivity contribution in [3.63, 3.8) is 0 Å². The third-order valence-electron chi connectivity index (χ3n) is 1.94. The second-order valence-corrected chi connectivity index (χ2v) is 3.83.